The number of hydrogen-bond acceptors (Lipinski definition) is 3. The molecule has 0 aromatic heterocycles. The van der Waals surface area contributed by atoms with Gasteiger partial charge in [-0.1, -0.05) is 26.2 Å². The van der Waals surface area contributed by atoms with Crippen molar-refractivity contribution in [1.29, 1.82) is 0 Å². The highest BCUT2D eigenvalue weighted by atomic mass is 16.5. The lowest BCUT2D eigenvalue weighted by Crippen LogP contribution is -2.41. The molecule has 0 atom stereocenters. The van der Waals surface area contributed by atoms with Gasteiger partial charge in [-0.05, 0) is 30.7 Å². The van der Waals surface area contributed by atoms with Crippen LogP contribution >= 0.6 is 0 Å². The smallest absolute Gasteiger partial charge is 0.269 e. The van der Waals surface area contributed by atoms with E-state index in [0.29, 0.717) is 17.7 Å². The van der Waals surface area contributed by atoms with Gasteiger partial charge in [0.1, 0.15) is 5.75 Å². The summed E-state index contributed by atoms with van der Waals surface area (Å²) in [5.41, 5.74) is 5.28. The fourth-order valence-electron chi connectivity index (χ4n) is 1.72. The summed E-state index contributed by atoms with van der Waals surface area (Å²) in [6.45, 7) is 2.12. The van der Waals surface area contributed by atoms with E-state index in [9.17, 15) is 9.59 Å². The number of rotatable bonds is 7. The van der Waals surface area contributed by atoms with Crippen molar-refractivity contribution < 1.29 is 14.3 Å². The molecular formula is C15H22N2O3. The molecular weight excluding hydrogens is 256 g/mol. The van der Waals surface area contributed by atoms with Crippen LogP contribution in [-0.4, -0.2) is 18.9 Å². The molecule has 0 radical (unpaired) electrons. The Balaban J connectivity index is 2.29. The minimum atomic E-state index is -0.338. The molecule has 0 fully saturated rings. The Labute approximate surface area is 119 Å². The number of nitrogens with one attached hydrogen (secondary N) is 2. The second-order valence-corrected chi connectivity index (χ2v) is 4.54. The molecule has 20 heavy (non-hydrogen) atoms. The summed E-state index contributed by atoms with van der Waals surface area (Å²) in [7, 11) is 1.56. The van der Waals surface area contributed by atoms with Crippen LogP contribution in [0.25, 0.3) is 0 Å². The van der Waals surface area contributed by atoms with E-state index in [1.54, 1.807) is 31.4 Å². The van der Waals surface area contributed by atoms with Gasteiger partial charge in [-0.15, -0.1) is 0 Å². The average molecular weight is 278 g/mol. The van der Waals surface area contributed by atoms with Gasteiger partial charge in [0.25, 0.3) is 5.91 Å². The molecule has 1 aromatic carbocycles. The zero-order valence-electron chi connectivity index (χ0n) is 12.1. The van der Waals surface area contributed by atoms with Gasteiger partial charge in [0.2, 0.25) is 5.91 Å². The molecule has 5 nitrogen and oxygen atoms in total. The lowest BCUT2D eigenvalue weighted by molar-refractivity contribution is -0.122. The first-order valence-corrected chi connectivity index (χ1v) is 6.90. The van der Waals surface area contributed by atoms with E-state index < -0.39 is 0 Å². The van der Waals surface area contributed by atoms with Crippen LogP contribution in [0.3, 0.4) is 0 Å². The van der Waals surface area contributed by atoms with Crippen LogP contribution in [0.2, 0.25) is 0 Å². The summed E-state index contributed by atoms with van der Waals surface area (Å²) in [5.74, 6) is 0.180. The first kappa shape index (κ1) is 16.0. The highest BCUT2D eigenvalue weighted by Gasteiger charge is 2.07. The van der Waals surface area contributed by atoms with E-state index in [2.05, 4.69) is 17.8 Å². The number of amides is 2. The van der Waals surface area contributed by atoms with Crippen LogP contribution in [0.15, 0.2) is 24.3 Å². The predicted molar refractivity (Wildman–Crippen MR) is 77.4 cm³/mol. The second-order valence-electron chi connectivity index (χ2n) is 4.54. The fourth-order valence-corrected chi connectivity index (χ4v) is 1.72. The van der Waals surface area contributed by atoms with Gasteiger partial charge in [0, 0.05) is 12.0 Å². The minimum Gasteiger partial charge on any atom is -0.497 e. The van der Waals surface area contributed by atoms with Gasteiger partial charge in [-0.2, -0.15) is 0 Å². The van der Waals surface area contributed by atoms with Gasteiger partial charge < -0.3 is 4.74 Å². The molecule has 0 bridgehead atoms. The van der Waals surface area contributed by atoms with Gasteiger partial charge in [0.05, 0.1) is 7.11 Å². The summed E-state index contributed by atoms with van der Waals surface area (Å²) in [6, 6.07) is 6.67. The summed E-state index contributed by atoms with van der Waals surface area (Å²) >= 11 is 0. The third-order valence-electron chi connectivity index (χ3n) is 2.93. The van der Waals surface area contributed by atoms with E-state index in [1.165, 1.54) is 0 Å². The van der Waals surface area contributed by atoms with Crippen LogP contribution < -0.4 is 15.6 Å². The molecule has 0 spiro atoms. The monoisotopic (exact) mass is 278 g/mol. The van der Waals surface area contributed by atoms with E-state index >= 15 is 0 Å². The summed E-state index contributed by atoms with van der Waals surface area (Å²) in [5, 5.41) is 0. The SMILES string of the molecule is CCCCCCC(=O)NNC(=O)c1ccc(OC)cc1. The number of carbonyl (C=O) groups is 2. The molecule has 0 aliphatic heterocycles. The van der Waals surface area contributed by atoms with Gasteiger partial charge in [0.15, 0.2) is 0 Å². The molecule has 2 N–H and O–H groups in total. The summed E-state index contributed by atoms with van der Waals surface area (Å²) in [6.07, 6.45) is 4.58. The Morgan fingerprint density at radius 2 is 1.75 bits per heavy atom. The van der Waals surface area contributed by atoms with Crippen LogP contribution in [0.1, 0.15) is 49.4 Å². The van der Waals surface area contributed by atoms with Crippen molar-refractivity contribution in [2.75, 3.05) is 7.11 Å². The molecule has 1 aromatic rings. The van der Waals surface area contributed by atoms with Crippen molar-refractivity contribution in [2.45, 2.75) is 39.0 Å². The van der Waals surface area contributed by atoms with Crippen LogP contribution in [0.5, 0.6) is 5.75 Å². The van der Waals surface area contributed by atoms with E-state index in [-0.39, 0.29) is 11.8 Å². The molecule has 110 valence electrons. The van der Waals surface area contributed by atoms with E-state index in [0.717, 1.165) is 25.7 Å². The van der Waals surface area contributed by atoms with E-state index in [1.807, 2.05) is 0 Å². The van der Waals surface area contributed by atoms with Crippen LogP contribution in [0.4, 0.5) is 0 Å². The zero-order valence-corrected chi connectivity index (χ0v) is 12.1. The maximum atomic E-state index is 11.8. The molecule has 0 heterocycles. The molecule has 0 aliphatic carbocycles. The number of hydrazine groups is 1. The van der Waals surface area contributed by atoms with Crippen molar-refractivity contribution in [1.82, 2.24) is 10.9 Å². The summed E-state index contributed by atoms with van der Waals surface area (Å²) in [4.78, 5) is 23.3. The number of ether oxygens (including phenoxy) is 1. The predicted octanol–water partition coefficient (Wildman–Crippen LogP) is 2.43. The molecule has 0 aliphatic rings. The van der Waals surface area contributed by atoms with Gasteiger partial charge >= 0.3 is 0 Å². The van der Waals surface area contributed by atoms with Crippen molar-refractivity contribution >= 4 is 11.8 Å². The molecule has 5 heteroatoms. The van der Waals surface area contributed by atoms with Gasteiger partial charge in [-0.3, -0.25) is 20.4 Å². The Morgan fingerprint density at radius 1 is 1.05 bits per heavy atom. The normalized spacial score (nSPS) is 9.90. The standard InChI is InChI=1S/C15H22N2O3/c1-3-4-5-6-7-14(18)16-17-15(19)12-8-10-13(20-2)11-9-12/h8-11H,3-7H2,1-2H3,(H,16,18)(H,17,19). The highest BCUT2D eigenvalue weighted by Crippen LogP contribution is 2.10. The minimum absolute atomic E-state index is 0.164. The zero-order chi connectivity index (χ0) is 14.8. The maximum absolute atomic E-state index is 11.8. The molecule has 1 rings (SSSR count). The Bertz CT molecular complexity index is 429. The fraction of sp³-hybridized carbons (Fsp3) is 0.467. The second kappa shape index (κ2) is 8.96. The first-order chi connectivity index (χ1) is 9.67. The Hall–Kier alpha value is -2.04. The lowest BCUT2D eigenvalue weighted by atomic mass is 10.1. The number of methoxy groups -OCH3 is 1. The topological polar surface area (TPSA) is 67.4 Å². The third kappa shape index (κ3) is 5.73. The van der Waals surface area contributed by atoms with Crippen molar-refractivity contribution in [2.24, 2.45) is 0 Å². The number of hydrogen-bond donors (Lipinski definition) is 2. The number of benzene rings is 1. The first-order valence-electron chi connectivity index (χ1n) is 6.90. The third-order valence-corrected chi connectivity index (χ3v) is 2.93. The molecule has 0 unspecified atom stereocenters. The highest BCUT2D eigenvalue weighted by molar-refractivity contribution is 5.95. The Morgan fingerprint density at radius 3 is 2.35 bits per heavy atom. The summed E-state index contributed by atoms with van der Waals surface area (Å²) < 4.78 is 5.01. The van der Waals surface area contributed by atoms with Gasteiger partial charge in [-0.25, -0.2) is 0 Å². The Kier molecular flexibility index (Phi) is 7.17. The van der Waals surface area contributed by atoms with E-state index in [4.69, 9.17) is 4.74 Å². The number of carbonyl (C=O) groups excluding carboxylic acids is 2. The van der Waals surface area contributed by atoms with Crippen LogP contribution in [-0.2, 0) is 4.79 Å². The van der Waals surface area contributed by atoms with Crippen molar-refractivity contribution in [3.8, 4) is 5.75 Å². The maximum Gasteiger partial charge on any atom is 0.269 e. The van der Waals surface area contributed by atoms with Crippen molar-refractivity contribution in [3.63, 3.8) is 0 Å². The average Bonchev–Trinajstić information content (AvgIpc) is 2.49. The van der Waals surface area contributed by atoms with Crippen LogP contribution in [0, 0.1) is 0 Å². The molecule has 0 saturated heterocycles. The quantitative estimate of drug-likeness (QED) is 0.594. The molecule has 0 saturated carbocycles. The lowest BCUT2D eigenvalue weighted by Gasteiger charge is -2.07. The number of unbranched alkanes of at least 4 members (excludes halogenated alkanes) is 3. The van der Waals surface area contributed by atoms with Crippen molar-refractivity contribution in [3.05, 3.63) is 29.8 Å². The molecule has 2 amide bonds. The largest absolute Gasteiger partial charge is 0.497 e.